The van der Waals surface area contributed by atoms with E-state index in [-0.39, 0.29) is 32.4 Å². The van der Waals surface area contributed by atoms with E-state index in [2.05, 4.69) is 0 Å². The Kier molecular flexibility index (Phi) is 13.9. The second kappa shape index (κ2) is 8.52. The number of carbonyl (C=O) groups is 2. The molecule has 0 atom stereocenters. The van der Waals surface area contributed by atoms with Crippen molar-refractivity contribution in [1.82, 2.24) is 6.15 Å². The van der Waals surface area contributed by atoms with Crippen LogP contribution in [0.1, 0.15) is 0 Å². The van der Waals surface area contributed by atoms with E-state index in [1.807, 2.05) is 0 Å². The molecule has 6 heteroatoms. The first-order valence-corrected chi connectivity index (χ1v) is 1.77. The molecule has 0 saturated heterocycles. The summed E-state index contributed by atoms with van der Waals surface area (Å²) in [5.74, 6) is -2.51. The predicted octanol–water partition coefficient (Wildman–Crippen LogP) is -0.129. The van der Waals surface area contributed by atoms with E-state index in [0.717, 1.165) is 0 Å². The van der Waals surface area contributed by atoms with Crippen LogP contribution in [0.3, 0.4) is 0 Å². The fraction of sp³-hybridized carbons (Fsp3) is 0. The summed E-state index contributed by atoms with van der Waals surface area (Å²) in [6.45, 7) is 0. The molecule has 0 fully saturated rings. The van der Waals surface area contributed by atoms with Gasteiger partial charge in [0.2, 0.25) is 0 Å². The van der Waals surface area contributed by atoms with Crippen LogP contribution in [-0.2, 0) is 35.8 Å². The van der Waals surface area contributed by atoms with E-state index in [1.54, 1.807) is 0 Å². The predicted molar refractivity (Wildman–Crippen MR) is 29.4 cm³/mol. The zero-order valence-corrected chi connectivity index (χ0v) is 7.53. The van der Waals surface area contributed by atoms with Crippen molar-refractivity contribution < 1.29 is 46.0 Å². The van der Waals surface area contributed by atoms with Gasteiger partial charge in [0.1, 0.15) is 0 Å². The topological polar surface area (TPSA) is 110 Å². The maximum Gasteiger partial charge on any atom is 0.328 e. The molecule has 0 spiro atoms. The quantitative estimate of drug-likeness (QED) is 0.566. The van der Waals surface area contributed by atoms with E-state index >= 15 is 0 Å². The third-order valence-electron chi connectivity index (χ3n) is 0.368. The number of rotatable bonds is 2. The maximum absolute atomic E-state index is 9.55. The van der Waals surface area contributed by atoms with Crippen LogP contribution in [0.5, 0.6) is 0 Å². The number of hydrogen-bond donors (Lipinski definition) is 3. The molecule has 10 heavy (non-hydrogen) atoms. The van der Waals surface area contributed by atoms with Crippen LogP contribution in [0.4, 0.5) is 0 Å². The van der Waals surface area contributed by atoms with Crippen molar-refractivity contribution in [2.45, 2.75) is 0 Å². The number of hydrogen-bond acceptors (Lipinski definition) is 3. The third kappa shape index (κ3) is 15.6. The maximum atomic E-state index is 9.55. The number of carboxylic acids is 2. The average Bonchev–Trinajstić information content (AvgIpc) is 1.61. The van der Waals surface area contributed by atoms with Gasteiger partial charge in [0.15, 0.2) is 0 Å². The Morgan fingerprint density at radius 3 is 1.30 bits per heavy atom. The van der Waals surface area contributed by atoms with Crippen molar-refractivity contribution in [3.8, 4) is 0 Å². The minimum Gasteiger partial charge on any atom is -0.478 e. The molecule has 0 rings (SSSR count). The molecule has 5 nitrogen and oxygen atoms in total. The van der Waals surface area contributed by atoms with Gasteiger partial charge in [-0.25, -0.2) is 9.59 Å². The summed E-state index contributed by atoms with van der Waals surface area (Å²) in [5.41, 5.74) is 0. The third-order valence-corrected chi connectivity index (χ3v) is 0.368. The van der Waals surface area contributed by atoms with Crippen molar-refractivity contribution in [3.05, 3.63) is 12.2 Å². The van der Waals surface area contributed by atoms with Crippen molar-refractivity contribution in [3.63, 3.8) is 0 Å². The molecular weight excluding hydrogens is 217 g/mol. The molecule has 0 bridgehead atoms. The number of carboxylic acid groups (broad SMARTS) is 2. The zero-order valence-electron chi connectivity index (χ0n) is 5.07. The van der Waals surface area contributed by atoms with Crippen molar-refractivity contribution in [1.29, 1.82) is 0 Å². The molecule has 0 heterocycles. The Balaban J connectivity index is -0.000000245. The van der Waals surface area contributed by atoms with Crippen LogP contribution in [0.25, 0.3) is 0 Å². The van der Waals surface area contributed by atoms with Gasteiger partial charge in [0.05, 0.1) is 0 Å². The van der Waals surface area contributed by atoms with E-state index in [4.69, 9.17) is 10.2 Å². The van der Waals surface area contributed by atoms with Crippen LogP contribution < -0.4 is 6.15 Å². The SMILES string of the molecule is N.O=C(O)/C=C\C(=O)O.[Zr]. The summed E-state index contributed by atoms with van der Waals surface area (Å²) >= 11 is 0. The van der Waals surface area contributed by atoms with Crippen LogP contribution in [0.2, 0.25) is 0 Å². The van der Waals surface area contributed by atoms with E-state index in [9.17, 15) is 9.59 Å². The van der Waals surface area contributed by atoms with Gasteiger partial charge in [-0.05, 0) is 0 Å². The van der Waals surface area contributed by atoms with Gasteiger partial charge >= 0.3 is 11.9 Å². The Labute approximate surface area is 76.4 Å². The minimum atomic E-state index is -1.26. The van der Waals surface area contributed by atoms with E-state index in [1.165, 1.54) is 0 Å². The van der Waals surface area contributed by atoms with Gasteiger partial charge in [0.25, 0.3) is 0 Å². The Bertz CT molecular complexity index is 128. The Hall–Kier alpha value is -0.477. The molecule has 0 saturated carbocycles. The van der Waals surface area contributed by atoms with Gasteiger partial charge in [-0.2, -0.15) is 0 Å². The van der Waals surface area contributed by atoms with E-state index < -0.39 is 11.9 Å². The molecular formula is C4H7NO4Zr. The molecule has 0 unspecified atom stereocenters. The number of aliphatic carboxylic acids is 2. The second-order valence-electron chi connectivity index (χ2n) is 1.01. The molecule has 0 aromatic carbocycles. The van der Waals surface area contributed by atoms with Gasteiger partial charge in [-0.15, -0.1) is 0 Å². The summed E-state index contributed by atoms with van der Waals surface area (Å²) in [6.07, 6.45) is 1.12. The summed E-state index contributed by atoms with van der Waals surface area (Å²) in [6, 6.07) is 0. The first-order chi connectivity index (χ1) is 3.63. The van der Waals surface area contributed by atoms with Gasteiger partial charge in [-0.1, -0.05) is 0 Å². The summed E-state index contributed by atoms with van der Waals surface area (Å²) in [4.78, 5) is 19.1. The minimum absolute atomic E-state index is 0. The van der Waals surface area contributed by atoms with Crippen LogP contribution >= 0.6 is 0 Å². The van der Waals surface area contributed by atoms with Gasteiger partial charge < -0.3 is 16.4 Å². The molecule has 0 aliphatic carbocycles. The molecule has 56 valence electrons. The molecule has 0 aromatic heterocycles. The van der Waals surface area contributed by atoms with E-state index in [0.29, 0.717) is 12.2 Å². The standard InChI is InChI=1S/C4H4O4.H3N.Zr/c5-3(6)1-2-4(7)8;;/h1-2H,(H,5,6)(H,7,8);1H3;/b2-1-;;. The Morgan fingerprint density at radius 1 is 1.00 bits per heavy atom. The summed E-state index contributed by atoms with van der Waals surface area (Å²) < 4.78 is 0. The molecule has 5 N–H and O–H groups in total. The largest absolute Gasteiger partial charge is 0.478 e. The van der Waals surface area contributed by atoms with Gasteiger partial charge in [0, 0.05) is 38.4 Å². The van der Waals surface area contributed by atoms with Crippen LogP contribution in [0, 0.1) is 0 Å². The zero-order chi connectivity index (χ0) is 6.57. The first-order valence-electron chi connectivity index (χ1n) is 1.77. The van der Waals surface area contributed by atoms with Crippen LogP contribution in [-0.4, -0.2) is 22.2 Å². The van der Waals surface area contributed by atoms with Crippen molar-refractivity contribution >= 4 is 11.9 Å². The molecule has 0 radical (unpaired) electrons. The smallest absolute Gasteiger partial charge is 0.328 e. The fourth-order valence-electron chi connectivity index (χ4n) is 0.143. The first kappa shape index (κ1) is 16.3. The second-order valence-corrected chi connectivity index (χ2v) is 1.01. The monoisotopic (exact) mass is 223 g/mol. The molecule has 0 aliphatic heterocycles. The summed E-state index contributed by atoms with van der Waals surface area (Å²) in [7, 11) is 0. The molecule has 0 amide bonds. The molecule has 0 aromatic rings. The fourth-order valence-corrected chi connectivity index (χ4v) is 0.143. The summed E-state index contributed by atoms with van der Waals surface area (Å²) in [5, 5.41) is 15.6. The van der Waals surface area contributed by atoms with Crippen molar-refractivity contribution in [2.24, 2.45) is 0 Å². The molecule has 0 aliphatic rings. The normalized spacial score (nSPS) is 7.60. The van der Waals surface area contributed by atoms with Crippen LogP contribution in [0.15, 0.2) is 12.2 Å². The van der Waals surface area contributed by atoms with Crippen molar-refractivity contribution in [2.75, 3.05) is 0 Å². The van der Waals surface area contributed by atoms with Gasteiger partial charge in [-0.3, -0.25) is 0 Å². The Morgan fingerprint density at radius 2 is 1.20 bits per heavy atom. The average molecular weight is 224 g/mol.